The Morgan fingerprint density at radius 2 is 2.00 bits per heavy atom. The summed E-state index contributed by atoms with van der Waals surface area (Å²) in [6, 6.07) is 1.95. The Hall–Kier alpha value is -2.18. The van der Waals surface area contributed by atoms with E-state index in [1.54, 1.807) is 4.98 Å². The molecule has 0 aliphatic heterocycles. The second kappa shape index (κ2) is 3.94. The molecule has 1 aromatic carbocycles. The summed E-state index contributed by atoms with van der Waals surface area (Å²) in [7, 11) is 0. The SMILES string of the molecule is C=Cc1c(F)ccc2nc(=O)[nH]c(C(F)(F)F)c12. The Kier molecular flexibility index (Phi) is 2.68. The zero-order valence-corrected chi connectivity index (χ0v) is 8.81. The highest BCUT2D eigenvalue weighted by molar-refractivity contribution is 5.90. The largest absolute Gasteiger partial charge is 0.432 e. The van der Waals surface area contributed by atoms with Crippen LogP contribution in [0.15, 0.2) is 23.5 Å². The molecule has 0 fully saturated rings. The van der Waals surface area contributed by atoms with E-state index in [2.05, 4.69) is 11.6 Å². The van der Waals surface area contributed by atoms with Crippen LogP contribution in [0.1, 0.15) is 11.3 Å². The molecular formula is C11H6F4N2O. The first-order valence-corrected chi connectivity index (χ1v) is 4.76. The van der Waals surface area contributed by atoms with Gasteiger partial charge in [-0.1, -0.05) is 12.7 Å². The van der Waals surface area contributed by atoms with Crippen molar-refractivity contribution < 1.29 is 17.6 Å². The summed E-state index contributed by atoms with van der Waals surface area (Å²) in [5.41, 5.74) is -3.05. The fraction of sp³-hybridized carbons (Fsp3) is 0.0909. The Bertz CT molecular complexity index is 688. The number of halogens is 4. The first-order valence-electron chi connectivity index (χ1n) is 4.76. The smallest absolute Gasteiger partial charge is 0.301 e. The minimum Gasteiger partial charge on any atom is -0.301 e. The van der Waals surface area contributed by atoms with Crippen LogP contribution in [0.3, 0.4) is 0 Å². The number of nitrogens with zero attached hydrogens (tertiary/aromatic N) is 1. The topological polar surface area (TPSA) is 45.8 Å². The molecule has 0 saturated carbocycles. The van der Waals surface area contributed by atoms with Crippen molar-refractivity contribution in [3.63, 3.8) is 0 Å². The molecule has 0 saturated heterocycles. The van der Waals surface area contributed by atoms with Gasteiger partial charge in [-0.05, 0) is 12.1 Å². The van der Waals surface area contributed by atoms with E-state index < -0.39 is 28.8 Å². The average molecular weight is 258 g/mol. The van der Waals surface area contributed by atoms with Gasteiger partial charge < -0.3 is 4.98 Å². The van der Waals surface area contributed by atoms with Gasteiger partial charge in [0.2, 0.25) is 0 Å². The molecule has 3 nitrogen and oxygen atoms in total. The van der Waals surface area contributed by atoms with Gasteiger partial charge in [-0.3, -0.25) is 0 Å². The van der Waals surface area contributed by atoms with Crippen molar-refractivity contribution in [1.29, 1.82) is 0 Å². The van der Waals surface area contributed by atoms with E-state index in [1.165, 1.54) is 0 Å². The van der Waals surface area contributed by atoms with E-state index in [9.17, 15) is 22.4 Å². The van der Waals surface area contributed by atoms with Crippen LogP contribution in [0.25, 0.3) is 17.0 Å². The summed E-state index contributed by atoms with van der Waals surface area (Å²) in [5, 5.41) is -0.503. The highest BCUT2D eigenvalue weighted by Crippen LogP contribution is 2.34. The lowest BCUT2D eigenvalue weighted by Crippen LogP contribution is -2.20. The summed E-state index contributed by atoms with van der Waals surface area (Å²) < 4.78 is 51.8. The number of H-pyrrole nitrogens is 1. The van der Waals surface area contributed by atoms with E-state index in [0.717, 1.165) is 18.2 Å². The van der Waals surface area contributed by atoms with Crippen LogP contribution in [-0.2, 0) is 6.18 Å². The van der Waals surface area contributed by atoms with Crippen LogP contribution < -0.4 is 5.69 Å². The van der Waals surface area contributed by atoms with E-state index in [-0.39, 0.29) is 11.1 Å². The molecule has 1 heterocycles. The zero-order chi connectivity index (χ0) is 13.5. The van der Waals surface area contributed by atoms with Crippen LogP contribution in [0.4, 0.5) is 17.6 Å². The first kappa shape index (κ1) is 12.3. The van der Waals surface area contributed by atoms with Gasteiger partial charge >= 0.3 is 11.9 Å². The maximum atomic E-state index is 13.4. The summed E-state index contributed by atoms with van der Waals surface area (Å²) in [4.78, 5) is 16.0. The van der Waals surface area contributed by atoms with Gasteiger partial charge in [-0.15, -0.1) is 0 Å². The lowest BCUT2D eigenvalue weighted by Gasteiger charge is -2.11. The van der Waals surface area contributed by atoms with Gasteiger partial charge in [-0.2, -0.15) is 18.2 Å². The minimum absolute atomic E-state index is 0.234. The van der Waals surface area contributed by atoms with Crippen LogP contribution in [0, 0.1) is 5.82 Å². The van der Waals surface area contributed by atoms with Gasteiger partial charge in [0.15, 0.2) is 0 Å². The average Bonchev–Trinajstić information content (AvgIpc) is 2.27. The van der Waals surface area contributed by atoms with Gasteiger partial charge in [0.1, 0.15) is 11.5 Å². The summed E-state index contributed by atoms with van der Waals surface area (Å²) in [5.74, 6) is -0.864. The molecule has 94 valence electrons. The van der Waals surface area contributed by atoms with E-state index in [0.29, 0.717) is 0 Å². The molecule has 0 bridgehead atoms. The zero-order valence-electron chi connectivity index (χ0n) is 8.81. The highest BCUT2D eigenvalue weighted by Gasteiger charge is 2.35. The van der Waals surface area contributed by atoms with Gasteiger partial charge in [0, 0.05) is 10.9 Å². The third-order valence-corrected chi connectivity index (χ3v) is 2.36. The monoisotopic (exact) mass is 258 g/mol. The normalized spacial score (nSPS) is 11.8. The van der Waals surface area contributed by atoms with Crippen LogP contribution in [-0.4, -0.2) is 9.97 Å². The Labute approximate surface area is 97.8 Å². The fourth-order valence-electron chi connectivity index (χ4n) is 1.66. The number of benzene rings is 1. The van der Waals surface area contributed by atoms with Crippen molar-refractivity contribution in [3.8, 4) is 0 Å². The number of aromatic amines is 1. The highest BCUT2D eigenvalue weighted by atomic mass is 19.4. The van der Waals surface area contributed by atoms with E-state index >= 15 is 0 Å². The molecule has 18 heavy (non-hydrogen) atoms. The van der Waals surface area contributed by atoms with Gasteiger partial charge in [-0.25, -0.2) is 9.18 Å². The second-order valence-corrected chi connectivity index (χ2v) is 3.47. The maximum absolute atomic E-state index is 13.4. The van der Waals surface area contributed by atoms with Gasteiger partial charge in [0.25, 0.3) is 0 Å². The molecule has 1 N–H and O–H groups in total. The van der Waals surface area contributed by atoms with Crippen LogP contribution >= 0.6 is 0 Å². The molecule has 0 aliphatic rings. The predicted molar refractivity (Wildman–Crippen MR) is 57.4 cm³/mol. The molecular weight excluding hydrogens is 252 g/mol. The number of fused-ring (bicyclic) bond motifs is 1. The summed E-state index contributed by atoms with van der Waals surface area (Å²) in [6.45, 7) is 3.26. The van der Waals surface area contributed by atoms with E-state index in [1.807, 2.05) is 0 Å². The van der Waals surface area contributed by atoms with Crippen LogP contribution in [0.2, 0.25) is 0 Å². The fourth-order valence-corrected chi connectivity index (χ4v) is 1.66. The molecule has 0 spiro atoms. The number of nitrogens with one attached hydrogen (secondary N) is 1. The molecule has 0 radical (unpaired) electrons. The summed E-state index contributed by atoms with van der Waals surface area (Å²) >= 11 is 0. The Morgan fingerprint density at radius 3 is 2.56 bits per heavy atom. The van der Waals surface area contributed by atoms with Crippen molar-refractivity contribution in [1.82, 2.24) is 9.97 Å². The van der Waals surface area contributed by atoms with Crippen LogP contribution in [0.5, 0.6) is 0 Å². The van der Waals surface area contributed by atoms with Crippen molar-refractivity contribution in [2.75, 3.05) is 0 Å². The van der Waals surface area contributed by atoms with Crippen molar-refractivity contribution in [2.24, 2.45) is 0 Å². The molecule has 2 aromatic rings. The quantitative estimate of drug-likeness (QED) is 0.799. The second-order valence-electron chi connectivity index (χ2n) is 3.47. The lowest BCUT2D eigenvalue weighted by atomic mass is 10.1. The molecule has 7 heteroatoms. The number of alkyl halides is 3. The molecule has 0 atom stereocenters. The van der Waals surface area contributed by atoms with Gasteiger partial charge in [0.05, 0.1) is 5.52 Å². The molecule has 0 aliphatic carbocycles. The molecule has 1 aromatic heterocycles. The third kappa shape index (κ3) is 1.87. The predicted octanol–water partition coefficient (Wildman–Crippen LogP) is 2.72. The summed E-state index contributed by atoms with van der Waals surface area (Å²) in [6.07, 6.45) is -3.86. The van der Waals surface area contributed by atoms with Crippen molar-refractivity contribution >= 4 is 17.0 Å². The van der Waals surface area contributed by atoms with Crippen molar-refractivity contribution in [2.45, 2.75) is 6.18 Å². The molecule has 2 rings (SSSR count). The Balaban J connectivity index is 3.05. The molecule has 0 amide bonds. The maximum Gasteiger partial charge on any atom is 0.432 e. The minimum atomic E-state index is -4.81. The molecule has 0 unspecified atom stereocenters. The number of hydrogen-bond donors (Lipinski definition) is 1. The number of aromatic nitrogens is 2. The lowest BCUT2D eigenvalue weighted by molar-refractivity contribution is -0.140. The third-order valence-electron chi connectivity index (χ3n) is 2.36. The number of hydrogen-bond acceptors (Lipinski definition) is 2. The number of rotatable bonds is 1. The van der Waals surface area contributed by atoms with Crippen molar-refractivity contribution in [3.05, 3.63) is 46.3 Å². The Morgan fingerprint density at radius 1 is 1.33 bits per heavy atom. The first-order chi connectivity index (χ1) is 8.34. The standard InChI is InChI=1S/C11H6F4N2O/c1-2-5-6(12)3-4-7-8(5)9(11(13,14)15)17-10(18)16-7/h2-4H,1H2,(H,16,17,18). The van der Waals surface area contributed by atoms with E-state index in [4.69, 9.17) is 0 Å².